The Kier molecular flexibility index (Phi) is 11.8. The maximum Gasteiger partial charge on any atom is 0.414 e. The maximum atomic E-state index is 14.1. The van der Waals surface area contributed by atoms with E-state index in [-0.39, 0.29) is 67.6 Å². The number of anilines is 1. The molecule has 2 amide bonds. The number of ether oxygens (including phenoxy) is 6. The number of hydrogen-bond donors (Lipinski definition) is 4. The Morgan fingerprint density at radius 3 is 2.17 bits per heavy atom. The zero-order valence-electron chi connectivity index (χ0n) is 30.2. The Labute approximate surface area is 313 Å². The number of carbonyl (C=O) groups excluding carboxylic acids is 2. The molecule has 4 saturated heterocycles. The molecule has 0 aliphatic carbocycles. The number of amides is 2. The average molecular weight is 770 g/mol. The minimum Gasteiger partial charge on any atom is -0.443 e. The minimum absolute atomic E-state index is 0.00166. The van der Waals surface area contributed by atoms with E-state index in [0.29, 0.717) is 30.9 Å². The molecule has 7 rings (SSSR count). The molecule has 16 nitrogen and oxygen atoms in total. The third-order valence-corrected chi connectivity index (χ3v) is 12.0. The Balaban J connectivity index is 1.00. The lowest BCUT2D eigenvalue weighted by Gasteiger charge is -2.31. The third kappa shape index (κ3) is 8.88. The number of carbonyl (C=O) groups is 2. The zero-order valence-corrected chi connectivity index (χ0v) is 31.0. The highest BCUT2D eigenvalue weighted by Crippen LogP contribution is 2.34. The van der Waals surface area contributed by atoms with Crippen LogP contribution in [0.3, 0.4) is 0 Å². The second-order valence-corrected chi connectivity index (χ2v) is 16.4. The van der Waals surface area contributed by atoms with Crippen LogP contribution in [0.5, 0.6) is 0 Å². The summed E-state index contributed by atoms with van der Waals surface area (Å²) in [6, 6.07) is 14.7. The number of alkyl carbamates (subject to hydrolysis) is 1. The SMILES string of the molecule is CC(C)CN(C[C@@H](O)[C@H](Cc1ccccc1)NC(=O)OC1COC2OCCC12)S(=O)(=O)c1ccc(-c2cnc(NC(=O)O[C@H]3CO[C@H]4OCC[C@H]43)[nH]2)cc1. The fraction of sp³-hybridized carbons (Fsp3) is 0.541. The summed E-state index contributed by atoms with van der Waals surface area (Å²) in [6.45, 7) is 5.20. The molecular formula is C37H47N5O11S. The molecule has 4 N–H and O–H groups in total. The van der Waals surface area contributed by atoms with E-state index in [2.05, 4.69) is 20.6 Å². The summed E-state index contributed by atoms with van der Waals surface area (Å²) in [5, 5.41) is 17.0. The number of aliphatic hydroxyl groups is 1. The van der Waals surface area contributed by atoms with Crippen molar-refractivity contribution in [1.29, 1.82) is 0 Å². The number of aromatic amines is 1. The predicted octanol–water partition coefficient (Wildman–Crippen LogP) is 3.49. The topological polar surface area (TPSA) is 200 Å². The highest BCUT2D eigenvalue weighted by molar-refractivity contribution is 7.89. The van der Waals surface area contributed by atoms with Gasteiger partial charge in [-0.3, -0.25) is 5.32 Å². The van der Waals surface area contributed by atoms with Gasteiger partial charge in [-0.2, -0.15) is 4.31 Å². The first-order valence-corrected chi connectivity index (χ1v) is 19.8. The van der Waals surface area contributed by atoms with Gasteiger partial charge in [0, 0.05) is 13.1 Å². The number of H-pyrrole nitrogens is 1. The van der Waals surface area contributed by atoms with Crippen LogP contribution >= 0.6 is 0 Å². The van der Waals surface area contributed by atoms with Gasteiger partial charge in [0.1, 0.15) is 12.2 Å². The van der Waals surface area contributed by atoms with Gasteiger partial charge in [-0.25, -0.2) is 23.0 Å². The lowest BCUT2D eigenvalue weighted by molar-refractivity contribution is -0.0909. The number of benzene rings is 2. The normalized spacial score (nSPS) is 26.0. The van der Waals surface area contributed by atoms with Crippen molar-refractivity contribution in [1.82, 2.24) is 19.6 Å². The maximum absolute atomic E-state index is 14.1. The molecule has 2 aromatic carbocycles. The van der Waals surface area contributed by atoms with Gasteiger partial charge in [-0.15, -0.1) is 0 Å². The molecule has 3 aromatic rings. The van der Waals surface area contributed by atoms with E-state index < -0.39 is 52.9 Å². The molecule has 4 aliphatic heterocycles. The molecule has 5 heterocycles. The standard InChI is InChI=1S/C37H47N5O11S/c1-22(2)18-42(19-30(43)28(16-23-6-4-3-5-7-23)40-36(44)52-31-20-50-33-26(31)12-14-48-33)54(46,47)25-10-8-24(9-11-25)29-17-38-35(39-29)41-37(45)53-32-21-51-34-27(32)13-15-49-34/h3-11,17,22,26-28,30-34,43H,12-16,18-21H2,1-2H3,(H,40,44)(H2,38,39,41,45)/t26?,27-,28-,30+,31?,32-,33?,34+/m0/s1. The van der Waals surface area contributed by atoms with Crippen LogP contribution < -0.4 is 10.6 Å². The molecule has 0 radical (unpaired) electrons. The van der Waals surface area contributed by atoms with Crippen LogP contribution in [-0.2, 0) is 44.9 Å². The van der Waals surface area contributed by atoms with E-state index in [1.807, 2.05) is 44.2 Å². The van der Waals surface area contributed by atoms with Crippen LogP contribution in [0.15, 0.2) is 65.7 Å². The van der Waals surface area contributed by atoms with Gasteiger partial charge in [0.15, 0.2) is 12.6 Å². The van der Waals surface area contributed by atoms with E-state index in [1.165, 1.54) is 22.6 Å². The molecule has 8 atom stereocenters. The Hall–Kier alpha value is -4.10. The molecule has 4 aliphatic rings. The van der Waals surface area contributed by atoms with E-state index in [4.69, 9.17) is 28.4 Å². The smallest absolute Gasteiger partial charge is 0.414 e. The molecule has 292 valence electrons. The van der Waals surface area contributed by atoms with Gasteiger partial charge in [0.2, 0.25) is 16.0 Å². The van der Waals surface area contributed by atoms with Crippen molar-refractivity contribution in [3.63, 3.8) is 0 Å². The number of aromatic nitrogens is 2. The Morgan fingerprint density at radius 2 is 1.54 bits per heavy atom. The van der Waals surface area contributed by atoms with E-state index in [0.717, 1.165) is 12.0 Å². The summed E-state index contributed by atoms with van der Waals surface area (Å²) in [5.41, 5.74) is 2.01. The fourth-order valence-corrected chi connectivity index (χ4v) is 8.96. The molecule has 0 saturated carbocycles. The van der Waals surface area contributed by atoms with Gasteiger partial charge >= 0.3 is 12.2 Å². The summed E-state index contributed by atoms with van der Waals surface area (Å²) < 4.78 is 62.9. The molecule has 0 spiro atoms. The summed E-state index contributed by atoms with van der Waals surface area (Å²) >= 11 is 0. The van der Waals surface area contributed by atoms with E-state index in [9.17, 15) is 23.1 Å². The van der Waals surface area contributed by atoms with Gasteiger partial charge in [-0.1, -0.05) is 56.3 Å². The Morgan fingerprint density at radius 1 is 0.907 bits per heavy atom. The number of rotatable bonds is 14. The monoisotopic (exact) mass is 769 g/mol. The number of hydrogen-bond acceptors (Lipinski definition) is 12. The number of aliphatic hydroxyl groups excluding tert-OH is 1. The minimum atomic E-state index is -4.10. The summed E-state index contributed by atoms with van der Waals surface area (Å²) in [5.74, 6) is 0.0345. The van der Waals surface area contributed by atoms with Crippen molar-refractivity contribution in [2.45, 2.75) is 74.9 Å². The summed E-state index contributed by atoms with van der Waals surface area (Å²) in [4.78, 5) is 33.0. The molecule has 3 unspecified atom stereocenters. The van der Waals surface area contributed by atoms with Crippen LogP contribution in [0, 0.1) is 17.8 Å². The van der Waals surface area contributed by atoms with Crippen LogP contribution in [-0.4, -0.2) is 116 Å². The largest absolute Gasteiger partial charge is 0.443 e. The van der Waals surface area contributed by atoms with Crippen molar-refractivity contribution < 1.29 is 51.5 Å². The number of nitrogens with one attached hydrogen (secondary N) is 3. The zero-order chi connectivity index (χ0) is 37.8. The van der Waals surface area contributed by atoms with Gasteiger partial charge in [0.05, 0.1) is 67.2 Å². The van der Waals surface area contributed by atoms with Crippen LogP contribution in [0.2, 0.25) is 0 Å². The van der Waals surface area contributed by atoms with Gasteiger partial charge in [-0.05, 0) is 48.4 Å². The first-order valence-electron chi connectivity index (χ1n) is 18.3. The number of fused-ring (bicyclic) bond motifs is 2. The van der Waals surface area contributed by atoms with Crippen molar-refractivity contribution in [2.24, 2.45) is 17.8 Å². The van der Waals surface area contributed by atoms with Crippen LogP contribution in [0.25, 0.3) is 11.3 Å². The predicted molar refractivity (Wildman–Crippen MR) is 192 cm³/mol. The molecule has 17 heteroatoms. The first kappa shape index (κ1) is 38.2. The van der Waals surface area contributed by atoms with Gasteiger partial charge < -0.3 is 43.8 Å². The molecule has 54 heavy (non-hydrogen) atoms. The molecular weight excluding hydrogens is 722 g/mol. The van der Waals surface area contributed by atoms with Crippen LogP contribution in [0.4, 0.5) is 15.5 Å². The van der Waals surface area contributed by atoms with Crippen molar-refractivity contribution >= 4 is 28.2 Å². The Bertz CT molecular complexity index is 1840. The second-order valence-electron chi connectivity index (χ2n) is 14.5. The number of imidazole rings is 1. The molecule has 4 fully saturated rings. The quantitative estimate of drug-likeness (QED) is 0.186. The van der Waals surface area contributed by atoms with Crippen molar-refractivity contribution in [3.05, 3.63) is 66.4 Å². The third-order valence-electron chi connectivity index (χ3n) is 10.1. The highest BCUT2D eigenvalue weighted by atomic mass is 32.2. The summed E-state index contributed by atoms with van der Waals surface area (Å²) in [6.07, 6.45) is -1.09. The first-order chi connectivity index (χ1) is 26.0. The molecule has 1 aromatic heterocycles. The van der Waals surface area contributed by atoms with Crippen molar-refractivity contribution in [3.8, 4) is 11.3 Å². The van der Waals surface area contributed by atoms with E-state index in [1.54, 1.807) is 12.1 Å². The van der Waals surface area contributed by atoms with E-state index >= 15 is 0 Å². The van der Waals surface area contributed by atoms with Crippen molar-refractivity contribution in [2.75, 3.05) is 44.8 Å². The number of nitrogens with zero attached hydrogens (tertiary/aromatic N) is 2. The fourth-order valence-electron chi connectivity index (χ4n) is 7.33. The number of sulfonamides is 1. The highest BCUT2D eigenvalue weighted by Gasteiger charge is 2.45. The summed E-state index contributed by atoms with van der Waals surface area (Å²) in [7, 11) is -4.10. The average Bonchev–Trinajstić information content (AvgIpc) is 3.99. The lowest BCUT2D eigenvalue weighted by Crippen LogP contribution is -2.51. The second kappa shape index (κ2) is 16.7. The van der Waals surface area contributed by atoms with Crippen LogP contribution in [0.1, 0.15) is 32.3 Å². The lowest BCUT2D eigenvalue weighted by atomic mass is 10.0. The molecule has 0 bridgehead atoms. The van der Waals surface area contributed by atoms with Gasteiger partial charge in [0.25, 0.3) is 0 Å².